The number of rotatable bonds is 7. The van der Waals surface area contributed by atoms with Crippen LogP contribution in [-0.2, 0) is 27.9 Å². The molecule has 7 nitrogen and oxygen atoms in total. The average molecular weight is 340 g/mol. The van der Waals surface area contributed by atoms with Crippen LogP contribution in [0.3, 0.4) is 0 Å². The minimum Gasteiger partial charge on any atom is -0.349 e. The first-order chi connectivity index (χ1) is 10.9. The van der Waals surface area contributed by atoms with Crippen molar-refractivity contribution in [3.63, 3.8) is 0 Å². The molecule has 1 aromatic heterocycles. The first-order valence-corrected chi connectivity index (χ1v) is 8.44. The molecule has 1 amide bonds. The number of carbonyl (C=O) groups excluding carboxylic acids is 1. The molecule has 0 bridgehead atoms. The van der Waals surface area contributed by atoms with Crippen molar-refractivity contribution in [2.24, 2.45) is 0 Å². The topological polar surface area (TPSA) is 93.1 Å². The number of amides is 1. The number of aromatic nitrogens is 2. The van der Waals surface area contributed by atoms with Crippen LogP contribution in [0.25, 0.3) is 0 Å². The van der Waals surface area contributed by atoms with Gasteiger partial charge in [-0.1, -0.05) is 12.1 Å². The number of nitrogens with one attached hydrogen (secondary N) is 2. The van der Waals surface area contributed by atoms with Crippen LogP contribution in [0.15, 0.2) is 41.4 Å². The lowest BCUT2D eigenvalue weighted by atomic mass is 10.4. The summed E-state index contributed by atoms with van der Waals surface area (Å²) in [6.45, 7) is 2.36. The lowest BCUT2D eigenvalue weighted by Gasteiger charge is -2.07. The van der Waals surface area contributed by atoms with E-state index in [1.165, 1.54) is 12.1 Å². The van der Waals surface area contributed by atoms with Crippen LogP contribution in [0.4, 0.5) is 4.39 Å². The highest BCUT2D eigenvalue weighted by molar-refractivity contribution is 7.89. The van der Waals surface area contributed by atoms with Crippen LogP contribution in [0.2, 0.25) is 0 Å². The van der Waals surface area contributed by atoms with Crippen LogP contribution < -0.4 is 10.0 Å². The maximum absolute atomic E-state index is 13.5. The van der Waals surface area contributed by atoms with Gasteiger partial charge in [-0.25, -0.2) is 17.5 Å². The van der Waals surface area contributed by atoms with Gasteiger partial charge in [-0.05, 0) is 25.1 Å². The highest BCUT2D eigenvalue weighted by Crippen LogP contribution is 2.12. The van der Waals surface area contributed by atoms with Gasteiger partial charge < -0.3 is 5.32 Å². The van der Waals surface area contributed by atoms with Gasteiger partial charge in [0.2, 0.25) is 15.9 Å². The first kappa shape index (κ1) is 17.1. The quantitative estimate of drug-likeness (QED) is 0.773. The van der Waals surface area contributed by atoms with Gasteiger partial charge in [0.05, 0.1) is 18.8 Å². The summed E-state index contributed by atoms with van der Waals surface area (Å²) in [6.07, 6.45) is 1.78. The number of nitrogens with zero attached hydrogens (tertiary/aromatic N) is 2. The highest BCUT2D eigenvalue weighted by atomic mass is 32.2. The van der Waals surface area contributed by atoms with Crippen molar-refractivity contribution in [3.05, 3.63) is 48.0 Å². The summed E-state index contributed by atoms with van der Waals surface area (Å²) in [5.74, 6) is -1.40. The number of carbonyl (C=O) groups is 1. The third-order valence-corrected chi connectivity index (χ3v) is 4.47. The van der Waals surface area contributed by atoms with Crippen molar-refractivity contribution in [1.82, 2.24) is 19.8 Å². The van der Waals surface area contributed by atoms with Crippen LogP contribution in [0.5, 0.6) is 0 Å². The van der Waals surface area contributed by atoms with Crippen LogP contribution >= 0.6 is 0 Å². The standard InChI is InChI=1S/C14H17FN4O3S/c1-2-19-8-7-11(18-19)9-16-14(20)10-17-23(21,22)13-6-4-3-5-12(13)15/h3-8,17H,2,9-10H2,1H3,(H,16,20). The van der Waals surface area contributed by atoms with E-state index in [1.54, 1.807) is 16.9 Å². The molecule has 23 heavy (non-hydrogen) atoms. The fourth-order valence-electron chi connectivity index (χ4n) is 1.83. The molecule has 9 heteroatoms. The predicted molar refractivity (Wildman–Crippen MR) is 81.3 cm³/mol. The Morgan fingerprint density at radius 2 is 2.04 bits per heavy atom. The van der Waals surface area contributed by atoms with E-state index in [4.69, 9.17) is 0 Å². The number of halogens is 1. The van der Waals surface area contributed by atoms with E-state index in [-0.39, 0.29) is 6.54 Å². The summed E-state index contributed by atoms with van der Waals surface area (Å²) in [4.78, 5) is 11.2. The molecule has 0 atom stereocenters. The molecule has 0 saturated heterocycles. The predicted octanol–water partition coefficient (Wildman–Crippen LogP) is 0.637. The van der Waals surface area contributed by atoms with Gasteiger partial charge in [0.1, 0.15) is 10.7 Å². The number of aryl methyl sites for hydroxylation is 1. The summed E-state index contributed by atoms with van der Waals surface area (Å²) in [7, 11) is -4.07. The molecule has 0 unspecified atom stereocenters. The molecule has 2 aromatic rings. The summed E-state index contributed by atoms with van der Waals surface area (Å²) in [6, 6.07) is 6.72. The molecule has 0 fully saturated rings. The molecule has 0 saturated carbocycles. The monoisotopic (exact) mass is 340 g/mol. The SMILES string of the molecule is CCn1ccc(CNC(=O)CNS(=O)(=O)c2ccccc2F)n1. The molecule has 0 aliphatic heterocycles. The van der Waals surface area contributed by atoms with E-state index in [0.717, 1.165) is 18.7 Å². The fourth-order valence-corrected chi connectivity index (χ4v) is 2.89. The van der Waals surface area contributed by atoms with Gasteiger partial charge in [0, 0.05) is 12.7 Å². The molecule has 124 valence electrons. The fraction of sp³-hybridized carbons (Fsp3) is 0.286. The summed E-state index contributed by atoms with van der Waals surface area (Å²) in [5.41, 5.74) is 0.664. The summed E-state index contributed by atoms with van der Waals surface area (Å²) >= 11 is 0. The van der Waals surface area contributed by atoms with Gasteiger partial charge in [-0.2, -0.15) is 5.10 Å². The first-order valence-electron chi connectivity index (χ1n) is 6.95. The summed E-state index contributed by atoms with van der Waals surface area (Å²) < 4.78 is 41.1. The lowest BCUT2D eigenvalue weighted by Crippen LogP contribution is -2.37. The van der Waals surface area contributed by atoms with E-state index in [9.17, 15) is 17.6 Å². The van der Waals surface area contributed by atoms with Crippen LogP contribution in [0.1, 0.15) is 12.6 Å². The average Bonchev–Trinajstić information content (AvgIpc) is 2.99. The molecule has 2 rings (SSSR count). The van der Waals surface area contributed by atoms with Crippen molar-refractivity contribution in [2.75, 3.05) is 6.54 Å². The third kappa shape index (κ3) is 4.60. The molecular formula is C14H17FN4O3S. The number of hydrogen-bond donors (Lipinski definition) is 2. The highest BCUT2D eigenvalue weighted by Gasteiger charge is 2.19. The number of hydrogen-bond acceptors (Lipinski definition) is 4. The van der Waals surface area contributed by atoms with Crippen molar-refractivity contribution in [2.45, 2.75) is 24.9 Å². The number of benzene rings is 1. The minimum atomic E-state index is -4.07. The van der Waals surface area contributed by atoms with E-state index >= 15 is 0 Å². The van der Waals surface area contributed by atoms with E-state index in [0.29, 0.717) is 5.69 Å². The zero-order chi connectivity index (χ0) is 16.9. The number of sulfonamides is 1. The van der Waals surface area contributed by atoms with Crippen LogP contribution in [0, 0.1) is 5.82 Å². The van der Waals surface area contributed by atoms with Gasteiger partial charge in [-0.3, -0.25) is 9.48 Å². The Kier molecular flexibility index (Phi) is 5.45. The maximum atomic E-state index is 13.5. The second-order valence-electron chi connectivity index (χ2n) is 4.69. The normalized spacial score (nSPS) is 11.4. The zero-order valence-electron chi connectivity index (χ0n) is 12.5. The Hall–Kier alpha value is -2.26. The molecular weight excluding hydrogens is 323 g/mol. The van der Waals surface area contributed by atoms with Crippen molar-refractivity contribution in [3.8, 4) is 0 Å². The van der Waals surface area contributed by atoms with E-state index < -0.39 is 33.2 Å². The van der Waals surface area contributed by atoms with Crippen molar-refractivity contribution in [1.29, 1.82) is 0 Å². The molecule has 1 heterocycles. The molecule has 2 N–H and O–H groups in total. The Labute approximate surface area is 133 Å². The lowest BCUT2D eigenvalue weighted by molar-refractivity contribution is -0.120. The van der Waals surface area contributed by atoms with E-state index in [2.05, 4.69) is 15.1 Å². The van der Waals surface area contributed by atoms with Crippen LogP contribution in [-0.4, -0.2) is 30.7 Å². The third-order valence-electron chi connectivity index (χ3n) is 3.04. The molecule has 0 aliphatic carbocycles. The summed E-state index contributed by atoms with van der Waals surface area (Å²) in [5, 5.41) is 6.72. The van der Waals surface area contributed by atoms with Crippen molar-refractivity contribution >= 4 is 15.9 Å². The molecule has 0 spiro atoms. The Morgan fingerprint density at radius 1 is 1.30 bits per heavy atom. The van der Waals surface area contributed by atoms with E-state index in [1.807, 2.05) is 6.92 Å². The Balaban J connectivity index is 1.87. The molecule has 1 aromatic carbocycles. The smallest absolute Gasteiger partial charge is 0.243 e. The van der Waals surface area contributed by atoms with Gasteiger partial charge in [-0.15, -0.1) is 0 Å². The second-order valence-corrected chi connectivity index (χ2v) is 6.43. The van der Waals surface area contributed by atoms with Gasteiger partial charge >= 0.3 is 0 Å². The minimum absolute atomic E-state index is 0.188. The van der Waals surface area contributed by atoms with Gasteiger partial charge in [0.15, 0.2) is 0 Å². The van der Waals surface area contributed by atoms with Gasteiger partial charge in [0.25, 0.3) is 0 Å². The van der Waals surface area contributed by atoms with Crippen molar-refractivity contribution < 1.29 is 17.6 Å². The maximum Gasteiger partial charge on any atom is 0.243 e. The second kappa shape index (κ2) is 7.34. The zero-order valence-corrected chi connectivity index (χ0v) is 13.3. The Morgan fingerprint density at radius 3 is 2.70 bits per heavy atom. The largest absolute Gasteiger partial charge is 0.349 e. The molecule has 0 radical (unpaired) electrons. The Bertz CT molecular complexity index is 789. The molecule has 0 aliphatic rings.